The Morgan fingerprint density at radius 1 is 0.905 bits per heavy atom. The standard InChI is InChI=1S/C16H13BrClN3/c17-11-16-20-19-15(10-12-6-8-13(18)9-7-12)21(16)14-4-2-1-3-5-14/h1-9H,10-11H2. The number of hydrogen-bond acceptors (Lipinski definition) is 2. The summed E-state index contributed by atoms with van der Waals surface area (Å²) in [5.74, 6) is 1.81. The van der Waals surface area contributed by atoms with Crippen LogP contribution in [-0.2, 0) is 11.8 Å². The summed E-state index contributed by atoms with van der Waals surface area (Å²) in [4.78, 5) is 0. The normalized spacial score (nSPS) is 10.8. The molecule has 0 saturated carbocycles. The lowest BCUT2D eigenvalue weighted by molar-refractivity contribution is 0.888. The van der Waals surface area contributed by atoms with Crippen molar-refractivity contribution in [1.29, 1.82) is 0 Å². The first-order valence-corrected chi connectivity index (χ1v) is 8.07. The van der Waals surface area contributed by atoms with Gasteiger partial charge in [0, 0.05) is 17.1 Å². The summed E-state index contributed by atoms with van der Waals surface area (Å²) in [6, 6.07) is 18.0. The van der Waals surface area contributed by atoms with Gasteiger partial charge >= 0.3 is 0 Å². The van der Waals surface area contributed by atoms with Gasteiger partial charge in [0.2, 0.25) is 0 Å². The number of alkyl halides is 1. The molecular weight excluding hydrogens is 350 g/mol. The van der Waals surface area contributed by atoms with Crippen LogP contribution in [0.4, 0.5) is 0 Å². The molecule has 0 aliphatic heterocycles. The van der Waals surface area contributed by atoms with Gasteiger partial charge in [0.25, 0.3) is 0 Å². The van der Waals surface area contributed by atoms with Gasteiger partial charge in [-0.25, -0.2) is 0 Å². The van der Waals surface area contributed by atoms with Crippen LogP contribution < -0.4 is 0 Å². The van der Waals surface area contributed by atoms with Gasteiger partial charge in [-0.15, -0.1) is 10.2 Å². The molecule has 0 unspecified atom stereocenters. The highest BCUT2D eigenvalue weighted by Gasteiger charge is 2.13. The van der Waals surface area contributed by atoms with Crippen molar-refractivity contribution in [2.75, 3.05) is 0 Å². The lowest BCUT2D eigenvalue weighted by Gasteiger charge is -2.09. The van der Waals surface area contributed by atoms with E-state index in [2.05, 4.69) is 42.8 Å². The van der Waals surface area contributed by atoms with Crippen LogP contribution in [0.5, 0.6) is 0 Å². The van der Waals surface area contributed by atoms with Crippen LogP contribution in [0.15, 0.2) is 54.6 Å². The average molecular weight is 363 g/mol. The van der Waals surface area contributed by atoms with Crippen LogP contribution in [0, 0.1) is 0 Å². The second kappa shape index (κ2) is 6.41. The maximum atomic E-state index is 5.93. The molecule has 0 radical (unpaired) electrons. The maximum absolute atomic E-state index is 5.93. The van der Waals surface area contributed by atoms with E-state index < -0.39 is 0 Å². The minimum Gasteiger partial charge on any atom is -0.282 e. The van der Waals surface area contributed by atoms with E-state index in [0.717, 1.165) is 27.9 Å². The Morgan fingerprint density at radius 2 is 1.57 bits per heavy atom. The Balaban J connectivity index is 1.99. The zero-order valence-electron chi connectivity index (χ0n) is 11.2. The highest BCUT2D eigenvalue weighted by Crippen LogP contribution is 2.18. The van der Waals surface area contributed by atoms with Gasteiger partial charge in [0.15, 0.2) is 0 Å². The SMILES string of the molecule is Clc1ccc(Cc2nnc(CBr)n2-c2ccccc2)cc1. The molecule has 0 fully saturated rings. The second-order valence-corrected chi connectivity index (χ2v) is 5.64. The van der Waals surface area contributed by atoms with Crippen molar-refractivity contribution in [3.8, 4) is 5.69 Å². The third kappa shape index (κ3) is 3.17. The van der Waals surface area contributed by atoms with E-state index in [1.165, 1.54) is 0 Å². The van der Waals surface area contributed by atoms with E-state index in [1.807, 2.05) is 42.5 Å². The molecule has 0 bridgehead atoms. The van der Waals surface area contributed by atoms with Gasteiger partial charge in [-0.05, 0) is 29.8 Å². The number of hydrogen-bond donors (Lipinski definition) is 0. The first-order chi connectivity index (χ1) is 10.3. The Kier molecular flexibility index (Phi) is 4.36. The number of nitrogens with zero attached hydrogens (tertiary/aromatic N) is 3. The third-order valence-corrected chi connectivity index (χ3v) is 3.96. The number of benzene rings is 2. The molecule has 3 nitrogen and oxygen atoms in total. The van der Waals surface area contributed by atoms with E-state index in [1.54, 1.807) is 0 Å². The monoisotopic (exact) mass is 361 g/mol. The van der Waals surface area contributed by atoms with Gasteiger partial charge in [-0.3, -0.25) is 4.57 Å². The van der Waals surface area contributed by atoms with Crippen molar-refractivity contribution in [2.24, 2.45) is 0 Å². The number of rotatable bonds is 4. The van der Waals surface area contributed by atoms with E-state index in [9.17, 15) is 0 Å². The smallest absolute Gasteiger partial charge is 0.148 e. The molecule has 0 spiro atoms. The third-order valence-electron chi connectivity index (χ3n) is 3.21. The largest absolute Gasteiger partial charge is 0.282 e. The van der Waals surface area contributed by atoms with Crippen LogP contribution >= 0.6 is 27.5 Å². The fourth-order valence-corrected chi connectivity index (χ4v) is 2.70. The molecule has 1 aromatic heterocycles. The number of halogens is 2. The highest BCUT2D eigenvalue weighted by atomic mass is 79.9. The zero-order chi connectivity index (χ0) is 14.7. The summed E-state index contributed by atoms with van der Waals surface area (Å²) in [7, 11) is 0. The van der Waals surface area contributed by atoms with Crippen LogP contribution in [0.1, 0.15) is 17.2 Å². The average Bonchev–Trinajstić information content (AvgIpc) is 2.93. The first-order valence-electron chi connectivity index (χ1n) is 6.57. The van der Waals surface area contributed by atoms with E-state index in [0.29, 0.717) is 11.8 Å². The number of aromatic nitrogens is 3. The molecule has 0 aliphatic rings. The first kappa shape index (κ1) is 14.3. The quantitative estimate of drug-likeness (QED) is 0.644. The van der Waals surface area contributed by atoms with Crippen molar-refractivity contribution in [3.63, 3.8) is 0 Å². The molecule has 5 heteroatoms. The molecule has 1 heterocycles. The Morgan fingerprint density at radius 3 is 2.24 bits per heavy atom. The molecule has 3 aromatic rings. The van der Waals surface area contributed by atoms with Gasteiger partial charge in [0.05, 0.1) is 5.33 Å². The fraction of sp³-hybridized carbons (Fsp3) is 0.125. The van der Waals surface area contributed by atoms with Crippen LogP contribution in [0.3, 0.4) is 0 Å². The van der Waals surface area contributed by atoms with Gasteiger partial charge < -0.3 is 0 Å². The van der Waals surface area contributed by atoms with E-state index in [4.69, 9.17) is 11.6 Å². The van der Waals surface area contributed by atoms with Gasteiger partial charge in [-0.2, -0.15) is 0 Å². The van der Waals surface area contributed by atoms with Crippen molar-refractivity contribution < 1.29 is 0 Å². The topological polar surface area (TPSA) is 30.7 Å². The van der Waals surface area contributed by atoms with Crippen molar-refractivity contribution in [1.82, 2.24) is 14.8 Å². The van der Waals surface area contributed by atoms with Crippen LogP contribution in [-0.4, -0.2) is 14.8 Å². The Labute approximate surface area is 136 Å². The maximum Gasteiger partial charge on any atom is 0.148 e. The Bertz CT molecular complexity index is 723. The molecule has 0 atom stereocenters. The molecule has 0 amide bonds. The summed E-state index contributed by atoms with van der Waals surface area (Å²) < 4.78 is 2.09. The van der Waals surface area contributed by atoms with E-state index in [-0.39, 0.29) is 0 Å². The summed E-state index contributed by atoms with van der Waals surface area (Å²) in [6.45, 7) is 0. The summed E-state index contributed by atoms with van der Waals surface area (Å²) in [6.07, 6.45) is 0.714. The fourth-order valence-electron chi connectivity index (χ4n) is 2.21. The molecule has 0 saturated heterocycles. The van der Waals surface area contributed by atoms with Crippen LogP contribution in [0.25, 0.3) is 5.69 Å². The van der Waals surface area contributed by atoms with Gasteiger partial charge in [-0.1, -0.05) is 57.9 Å². The molecular formula is C16H13BrClN3. The lowest BCUT2D eigenvalue weighted by Crippen LogP contribution is -2.05. The predicted octanol–water partition coefficient (Wildman–Crippen LogP) is 4.41. The second-order valence-electron chi connectivity index (χ2n) is 4.64. The van der Waals surface area contributed by atoms with E-state index >= 15 is 0 Å². The highest BCUT2D eigenvalue weighted by molar-refractivity contribution is 9.08. The summed E-state index contributed by atoms with van der Waals surface area (Å²) >= 11 is 9.40. The molecule has 3 rings (SSSR count). The minimum absolute atomic E-state index is 0.662. The molecule has 0 aliphatic carbocycles. The molecule has 21 heavy (non-hydrogen) atoms. The van der Waals surface area contributed by atoms with Crippen molar-refractivity contribution in [3.05, 3.63) is 76.8 Å². The summed E-state index contributed by atoms with van der Waals surface area (Å²) in [5, 5.41) is 10.00. The lowest BCUT2D eigenvalue weighted by atomic mass is 10.1. The van der Waals surface area contributed by atoms with Crippen LogP contribution in [0.2, 0.25) is 5.02 Å². The van der Waals surface area contributed by atoms with Gasteiger partial charge in [0.1, 0.15) is 11.6 Å². The summed E-state index contributed by atoms with van der Waals surface area (Å²) in [5.41, 5.74) is 2.23. The van der Waals surface area contributed by atoms with Crippen molar-refractivity contribution in [2.45, 2.75) is 11.8 Å². The van der Waals surface area contributed by atoms with Crippen molar-refractivity contribution >= 4 is 27.5 Å². The Hall–Kier alpha value is -1.65. The predicted molar refractivity (Wildman–Crippen MR) is 88.2 cm³/mol. The zero-order valence-corrected chi connectivity index (χ0v) is 13.5. The minimum atomic E-state index is 0.662. The molecule has 0 N–H and O–H groups in total. The molecule has 106 valence electrons. The number of para-hydroxylation sites is 1. The molecule has 2 aromatic carbocycles.